The van der Waals surface area contributed by atoms with Crippen molar-refractivity contribution in [3.63, 3.8) is 0 Å². The number of fused-ring (bicyclic) bond motifs is 1. The van der Waals surface area contributed by atoms with Crippen molar-refractivity contribution < 1.29 is 9.18 Å². The molecule has 0 radical (unpaired) electrons. The number of hydrogen-bond acceptors (Lipinski definition) is 4. The molecule has 0 saturated heterocycles. The molecule has 0 aliphatic heterocycles. The van der Waals surface area contributed by atoms with Crippen LogP contribution in [0.15, 0.2) is 35.3 Å². The second kappa shape index (κ2) is 6.94. The van der Waals surface area contributed by atoms with Gasteiger partial charge in [0.25, 0.3) is 5.56 Å². The zero-order valence-electron chi connectivity index (χ0n) is 15.8. The Labute approximate surface area is 155 Å². The maximum Gasteiger partial charge on any atom is 0.264 e. The molecule has 1 aromatic carbocycles. The van der Waals surface area contributed by atoms with Gasteiger partial charge in [0.1, 0.15) is 17.0 Å². The summed E-state index contributed by atoms with van der Waals surface area (Å²) in [6, 6.07) is 5.79. The van der Waals surface area contributed by atoms with Gasteiger partial charge < -0.3 is 5.32 Å². The number of rotatable bonds is 4. The molecule has 0 bridgehead atoms. The van der Waals surface area contributed by atoms with E-state index in [9.17, 15) is 14.0 Å². The van der Waals surface area contributed by atoms with Crippen LogP contribution in [0.5, 0.6) is 0 Å². The minimum absolute atomic E-state index is 0.129. The third-order valence-corrected chi connectivity index (χ3v) is 4.03. The lowest BCUT2D eigenvalue weighted by Crippen LogP contribution is -2.41. The van der Waals surface area contributed by atoms with Crippen LogP contribution >= 0.6 is 0 Å². The van der Waals surface area contributed by atoms with E-state index in [1.165, 1.54) is 27.6 Å². The first kappa shape index (κ1) is 18.8. The third-order valence-electron chi connectivity index (χ3n) is 4.03. The largest absolute Gasteiger partial charge is 0.351 e. The SMILES string of the molecule is Cc1nc2c(cnn2-c2ccc(F)cc2)c(=O)n1CCC(=O)NC(C)(C)C. The van der Waals surface area contributed by atoms with Crippen LogP contribution in [0.1, 0.15) is 33.0 Å². The molecule has 142 valence electrons. The zero-order valence-corrected chi connectivity index (χ0v) is 15.8. The highest BCUT2D eigenvalue weighted by molar-refractivity contribution is 5.77. The first-order chi connectivity index (χ1) is 12.7. The fraction of sp³-hybridized carbons (Fsp3) is 0.368. The van der Waals surface area contributed by atoms with E-state index in [2.05, 4.69) is 15.4 Å². The predicted molar refractivity (Wildman–Crippen MR) is 100 cm³/mol. The lowest BCUT2D eigenvalue weighted by atomic mass is 10.1. The smallest absolute Gasteiger partial charge is 0.264 e. The van der Waals surface area contributed by atoms with Gasteiger partial charge in [-0.1, -0.05) is 0 Å². The first-order valence-electron chi connectivity index (χ1n) is 8.68. The summed E-state index contributed by atoms with van der Waals surface area (Å²) in [6.07, 6.45) is 1.62. The number of nitrogens with zero attached hydrogens (tertiary/aromatic N) is 4. The average Bonchev–Trinajstić information content (AvgIpc) is 2.97. The van der Waals surface area contributed by atoms with Crippen LogP contribution in [0.2, 0.25) is 0 Å². The summed E-state index contributed by atoms with van der Waals surface area (Å²) < 4.78 is 16.1. The maximum atomic E-state index is 13.1. The zero-order chi connectivity index (χ0) is 19.8. The van der Waals surface area contributed by atoms with Gasteiger partial charge in [-0.2, -0.15) is 5.10 Å². The van der Waals surface area contributed by atoms with Gasteiger partial charge in [0.05, 0.1) is 11.9 Å². The van der Waals surface area contributed by atoms with Crippen LogP contribution in [0.4, 0.5) is 4.39 Å². The highest BCUT2D eigenvalue weighted by atomic mass is 19.1. The molecular weight excluding hydrogens is 349 g/mol. The Bertz CT molecular complexity index is 1040. The summed E-state index contributed by atoms with van der Waals surface area (Å²) in [5.74, 6) is 0.00562. The van der Waals surface area contributed by atoms with E-state index in [-0.39, 0.29) is 35.8 Å². The molecule has 0 aliphatic carbocycles. The molecule has 0 unspecified atom stereocenters. The van der Waals surface area contributed by atoms with Gasteiger partial charge in [-0.05, 0) is 52.0 Å². The Hall–Kier alpha value is -3.03. The minimum Gasteiger partial charge on any atom is -0.351 e. The molecular formula is C19H22FN5O2. The van der Waals surface area contributed by atoms with Crippen LogP contribution in [-0.4, -0.2) is 30.8 Å². The van der Waals surface area contributed by atoms with Gasteiger partial charge in [-0.25, -0.2) is 14.1 Å². The number of benzene rings is 1. The Morgan fingerprint density at radius 3 is 2.52 bits per heavy atom. The van der Waals surface area contributed by atoms with Crippen LogP contribution < -0.4 is 10.9 Å². The van der Waals surface area contributed by atoms with Crippen molar-refractivity contribution in [1.82, 2.24) is 24.6 Å². The average molecular weight is 371 g/mol. The van der Waals surface area contributed by atoms with Gasteiger partial charge in [-0.3, -0.25) is 14.2 Å². The monoisotopic (exact) mass is 371 g/mol. The molecule has 8 heteroatoms. The van der Waals surface area contributed by atoms with E-state index >= 15 is 0 Å². The molecule has 0 spiro atoms. The van der Waals surface area contributed by atoms with Crippen molar-refractivity contribution in [3.8, 4) is 5.69 Å². The van der Waals surface area contributed by atoms with Crippen LogP contribution in [0.3, 0.4) is 0 Å². The molecule has 0 aliphatic rings. The fourth-order valence-corrected chi connectivity index (χ4v) is 2.84. The number of carbonyl (C=O) groups is 1. The van der Waals surface area contributed by atoms with Crippen molar-refractivity contribution >= 4 is 16.9 Å². The highest BCUT2D eigenvalue weighted by Crippen LogP contribution is 2.15. The summed E-state index contributed by atoms with van der Waals surface area (Å²) in [5.41, 5.74) is 0.434. The van der Waals surface area contributed by atoms with Gasteiger partial charge >= 0.3 is 0 Å². The summed E-state index contributed by atoms with van der Waals surface area (Å²) in [5, 5.41) is 7.44. The second-order valence-corrected chi connectivity index (χ2v) is 7.43. The molecule has 1 N–H and O–H groups in total. The van der Waals surface area contributed by atoms with E-state index in [0.717, 1.165) is 0 Å². The van der Waals surface area contributed by atoms with Crippen LogP contribution in [0.25, 0.3) is 16.7 Å². The van der Waals surface area contributed by atoms with E-state index < -0.39 is 0 Å². The molecule has 0 atom stereocenters. The Balaban J connectivity index is 1.92. The molecule has 0 saturated carbocycles. The Kier molecular flexibility index (Phi) is 4.82. The molecule has 1 amide bonds. The van der Waals surface area contributed by atoms with Crippen molar-refractivity contribution in [2.45, 2.75) is 46.2 Å². The number of hydrogen-bond donors (Lipinski definition) is 1. The molecule has 7 nitrogen and oxygen atoms in total. The maximum absolute atomic E-state index is 13.1. The van der Waals surface area contributed by atoms with E-state index in [1.807, 2.05) is 20.8 Å². The van der Waals surface area contributed by atoms with Crippen LogP contribution in [-0.2, 0) is 11.3 Å². The molecule has 3 aromatic rings. The third kappa shape index (κ3) is 4.05. The van der Waals surface area contributed by atoms with Gasteiger partial charge in [-0.15, -0.1) is 0 Å². The van der Waals surface area contributed by atoms with Crippen molar-refractivity contribution in [3.05, 3.63) is 52.5 Å². The van der Waals surface area contributed by atoms with Crippen molar-refractivity contribution in [1.29, 1.82) is 0 Å². The second-order valence-electron chi connectivity index (χ2n) is 7.43. The van der Waals surface area contributed by atoms with E-state index in [1.54, 1.807) is 19.1 Å². The molecule has 27 heavy (non-hydrogen) atoms. The quantitative estimate of drug-likeness (QED) is 0.763. The van der Waals surface area contributed by atoms with Crippen LogP contribution in [0, 0.1) is 12.7 Å². The number of amides is 1. The number of aromatic nitrogens is 4. The molecule has 0 fully saturated rings. The van der Waals surface area contributed by atoms with E-state index in [4.69, 9.17) is 0 Å². The topological polar surface area (TPSA) is 81.8 Å². The van der Waals surface area contributed by atoms with E-state index in [0.29, 0.717) is 22.5 Å². The molecule has 3 rings (SSSR count). The Morgan fingerprint density at radius 2 is 1.89 bits per heavy atom. The van der Waals surface area contributed by atoms with Crippen molar-refractivity contribution in [2.24, 2.45) is 0 Å². The number of carbonyl (C=O) groups excluding carboxylic acids is 1. The summed E-state index contributed by atoms with van der Waals surface area (Å²) >= 11 is 0. The summed E-state index contributed by atoms with van der Waals surface area (Å²) in [4.78, 5) is 29.4. The fourth-order valence-electron chi connectivity index (χ4n) is 2.84. The summed E-state index contributed by atoms with van der Waals surface area (Å²) in [6.45, 7) is 7.65. The first-order valence-corrected chi connectivity index (χ1v) is 8.68. The number of aryl methyl sites for hydroxylation is 1. The molecule has 2 heterocycles. The number of nitrogens with one attached hydrogen (secondary N) is 1. The van der Waals surface area contributed by atoms with Gasteiger partial charge in [0, 0.05) is 18.5 Å². The lowest BCUT2D eigenvalue weighted by Gasteiger charge is -2.20. The lowest BCUT2D eigenvalue weighted by molar-refractivity contribution is -0.122. The summed E-state index contributed by atoms with van der Waals surface area (Å²) in [7, 11) is 0. The van der Waals surface area contributed by atoms with Gasteiger partial charge in [0.2, 0.25) is 5.91 Å². The highest BCUT2D eigenvalue weighted by Gasteiger charge is 2.17. The van der Waals surface area contributed by atoms with Crippen molar-refractivity contribution in [2.75, 3.05) is 0 Å². The van der Waals surface area contributed by atoms with Gasteiger partial charge in [0.15, 0.2) is 5.65 Å². The molecule has 2 aromatic heterocycles. The Morgan fingerprint density at radius 1 is 1.22 bits per heavy atom. The standard InChI is InChI=1S/C19H22FN5O2/c1-12-22-17-15(11-21-25(17)14-7-5-13(20)6-8-14)18(27)24(12)10-9-16(26)23-19(2,3)4/h5-8,11H,9-10H2,1-4H3,(H,23,26). The predicted octanol–water partition coefficient (Wildman–Crippen LogP) is 2.33. The minimum atomic E-state index is -0.352. The number of halogens is 1. The normalized spacial score (nSPS) is 11.7.